The highest BCUT2D eigenvalue weighted by molar-refractivity contribution is 5.05. The number of nitrogens with one attached hydrogen (secondary N) is 1. The van der Waals surface area contributed by atoms with Gasteiger partial charge in [-0.05, 0) is 18.3 Å². The molecular formula is C10H18FN. The van der Waals surface area contributed by atoms with Crippen LogP contribution in [0, 0.1) is 11.3 Å². The van der Waals surface area contributed by atoms with Gasteiger partial charge in [-0.1, -0.05) is 20.8 Å². The Kier molecular flexibility index (Phi) is 1.73. The minimum absolute atomic E-state index is 0.212. The van der Waals surface area contributed by atoms with E-state index in [-0.39, 0.29) is 11.3 Å². The monoisotopic (exact) mass is 171 g/mol. The zero-order valence-electron chi connectivity index (χ0n) is 8.10. The second-order valence-electron chi connectivity index (χ2n) is 5.36. The summed E-state index contributed by atoms with van der Waals surface area (Å²) in [6, 6.07) is 0.862. The van der Waals surface area contributed by atoms with Gasteiger partial charge in [0.1, 0.15) is 6.17 Å². The number of rotatable bonds is 0. The summed E-state index contributed by atoms with van der Waals surface area (Å²) >= 11 is 0. The maximum Gasteiger partial charge on any atom is 0.106 e. The SMILES string of the molecule is CC(C)(C)C1NC2CC(F)C1C2. The van der Waals surface area contributed by atoms with Gasteiger partial charge in [-0.3, -0.25) is 0 Å². The molecule has 2 fully saturated rings. The molecule has 1 saturated carbocycles. The Hall–Kier alpha value is -0.110. The molecule has 1 nitrogen and oxygen atoms in total. The minimum atomic E-state index is -0.541. The van der Waals surface area contributed by atoms with Crippen LogP contribution in [0.25, 0.3) is 0 Å². The molecule has 0 aromatic carbocycles. The van der Waals surface area contributed by atoms with Gasteiger partial charge < -0.3 is 5.32 Å². The number of hydrogen-bond acceptors (Lipinski definition) is 1. The molecule has 2 bridgehead atoms. The maximum atomic E-state index is 13.4. The lowest BCUT2D eigenvalue weighted by Crippen LogP contribution is -2.48. The van der Waals surface area contributed by atoms with Crippen molar-refractivity contribution in [2.75, 3.05) is 0 Å². The van der Waals surface area contributed by atoms with Crippen molar-refractivity contribution in [1.82, 2.24) is 5.32 Å². The highest BCUT2D eigenvalue weighted by atomic mass is 19.1. The van der Waals surface area contributed by atoms with Gasteiger partial charge in [-0.25, -0.2) is 4.39 Å². The van der Waals surface area contributed by atoms with Gasteiger partial charge in [-0.2, -0.15) is 0 Å². The number of halogens is 1. The largest absolute Gasteiger partial charge is 0.310 e. The third-order valence-corrected chi connectivity index (χ3v) is 3.31. The number of fused-ring (bicyclic) bond motifs is 2. The van der Waals surface area contributed by atoms with Crippen LogP contribution in [0.5, 0.6) is 0 Å². The van der Waals surface area contributed by atoms with Crippen molar-refractivity contribution in [3.8, 4) is 0 Å². The van der Waals surface area contributed by atoms with Gasteiger partial charge in [0.25, 0.3) is 0 Å². The van der Waals surface area contributed by atoms with Crippen molar-refractivity contribution in [3.05, 3.63) is 0 Å². The molecule has 1 aliphatic carbocycles. The lowest BCUT2D eigenvalue weighted by molar-refractivity contribution is 0.131. The van der Waals surface area contributed by atoms with E-state index < -0.39 is 6.17 Å². The number of alkyl halides is 1. The van der Waals surface area contributed by atoms with Gasteiger partial charge in [0.2, 0.25) is 0 Å². The van der Waals surface area contributed by atoms with Gasteiger partial charge in [0, 0.05) is 18.0 Å². The Morgan fingerprint density at radius 3 is 2.25 bits per heavy atom. The first-order chi connectivity index (χ1) is 5.48. The summed E-state index contributed by atoms with van der Waals surface area (Å²) < 4.78 is 13.4. The van der Waals surface area contributed by atoms with Crippen molar-refractivity contribution >= 4 is 0 Å². The molecule has 2 heteroatoms. The quantitative estimate of drug-likeness (QED) is 0.588. The topological polar surface area (TPSA) is 12.0 Å². The molecule has 1 N–H and O–H groups in total. The molecule has 70 valence electrons. The van der Waals surface area contributed by atoms with Crippen molar-refractivity contribution in [1.29, 1.82) is 0 Å². The fourth-order valence-electron chi connectivity index (χ4n) is 2.77. The maximum absolute atomic E-state index is 13.4. The van der Waals surface area contributed by atoms with E-state index in [4.69, 9.17) is 0 Å². The number of hydrogen-bond donors (Lipinski definition) is 1. The van der Waals surface area contributed by atoms with Crippen molar-refractivity contribution in [2.24, 2.45) is 11.3 Å². The van der Waals surface area contributed by atoms with Crippen molar-refractivity contribution < 1.29 is 4.39 Å². The fraction of sp³-hybridized carbons (Fsp3) is 1.00. The average molecular weight is 171 g/mol. The van der Waals surface area contributed by atoms with Crippen LogP contribution in [0.4, 0.5) is 4.39 Å². The first-order valence-corrected chi connectivity index (χ1v) is 4.88. The van der Waals surface area contributed by atoms with Crippen LogP contribution in [-0.4, -0.2) is 18.3 Å². The van der Waals surface area contributed by atoms with E-state index in [9.17, 15) is 4.39 Å². The van der Waals surface area contributed by atoms with Crippen LogP contribution < -0.4 is 5.32 Å². The Morgan fingerprint density at radius 1 is 1.25 bits per heavy atom. The molecule has 4 unspecified atom stereocenters. The van der Waals surface area contributed by atoms with E-state index >= 15 is 0 Å². The molecule has 2 rings (SSSR count). The highest BCUT2D eigenvalue weighted by Gasteiger charge is 2.49. The average Bonchev–Trinajstić information content (AvgIpc) is 2.41. The standard InChI is InChI=1S/C10H18FN/c1-10(2,3)9-7-4-6(12-9)5-8(7)11/h6-9,12H,4-5H2,1-3H3. The van der Waals surface area contributed by atoms with Gasteiger partial charge in [-0.15, -0.1) is 0 Å². The molecular weight excluding hydrogens is 153 g/mol. The molecule has 12 heavy (non-hydrogen) atoms. The van der Waals surface area contributed by atoms with Crippen LogP contribution in [0.2, 0.25) is 0 Å². The van der Waals surface area contributed by atoms with Crippen molar-refractivity contribution in [2.45, 2.75) is 51.9 Å². The van der Waals surface area contributed by atoms with Gasteiger partial charge in [0.05, 0.1) is 0 Å². The summed E-state index contributed by atoms with van der Waals surface area (Å²) in [6.45, 7) is 6.58. The lowest BCUT2D eigenvalue weighted by Gasteiger charge is -2.36. The smallest absolute Gasteiger partial charge is 0.106 e. The van der Waals surface area contributed by atoms with E-state index in [1.807, 2.05) is 0 Å². The minimum Gasteiger partial charge on any atom is -0.310 e. The Labute approximate surface area is 73.7 Å². The molecule has 0 spiro atoms. The highest BCUT2D eigenvalue weighted by Crippen LogP contribution is 2.43. The van der Waals surface area contributed by atoms with Crippen LogP contribution in [0.15, 0.2) is 0 Å². The second kappa shape index (κ2) is 2.44. The molecule has 1 heterocycles. The summed E-state index contributed by atoms with van der Waals surface area (Å²) in [5.41, 5.74) is 0.212. The Balaban J connectivity index is 2.12. The zero-order valence-corrected chi connectivity index (χ0v) is 8.10. The number of piperidine rings is 1. The summed E-state index contributed by atoms with van der Waals surface area (Å²) in [6.07, 6.45) is 1.26. The van der Waals surface area contributed by atoms with Crippen LogP contribution in [-0.2, 0) is 0 Å². The first kappa shape index (κ1) is 8.49. The predicted octanol–water partition coefficient (Wildman–Crippen LogP) is 2.12. The molecule has 1 aliphatic heterocycles. The summed E-state index contributed by atoms with van der Waals surface area (Å²) in [7, 11) is 0. The predicted molar refractivity (Wildman–Crippen MR) is 47.8 cm³/mol. The summed E-state index contributed by atoms with van der Waals surface area (Å²) in [5, 5.41) is 3.52. The first-order valence-electron chi connectivity index (χ1n) is 4.88. The van der Waals surface area contributed by atoms with E-state index in [0.717, 1.165) is 12.8 Å². The van der Waals surface area contributed by atoms with E-state index in [1.165, 1.54) is 0 Å². The van der Waals surface area contributed by atoms with E-state index in [2.05, 4.69) is 26.1 Å². The Morgan fingerprint density at radius 2 is 1.92 bits per heavy atom. The second-order valence-corrected chi connectivity index (χ2v) is 5.36. The molecule has 0 aromatic heterocycles. The van der Waals surface area contributed by atoms with Crippen LogP contribution in [0.3, 0.4) is 0 Å². The van der Waals surface area contributed by atoms with Crippen LogP contribution in [0.1, 0.15) is 33.6 Å². The Bertz CT molecular complexity index is 185. The molecule has 1 saturated heterocycles. The molecule has 0 radical (unpaired) electrons. The lowest BCUT2D eigenvalue weighted by atomic mass is 9.78. The third-order valence-electron chi connectivity index (χ3n) is 3.31. The summed E-state index contributed by atoms with van der Waals surface area (Å²) in [4.78, 5) is 0. The molecule has 4 atom stereocenters. The third kappa shape index (κ3) is 1.17. The van der Waals surface area contributed by atoms with E-state index in [0.29, 0.717) is 12.1 Å². The molecule has 2 aliphatic rings. The van der Waals surface area contributed by atoms with Gasteiger partial charge in [0.15, 0.2) is 0 Å². The van der Waals surface area contributed by atoms with Gasteiger partial charge >= 0.3 is 0 Å². The van der Waals surface area contributed by atoms with Crippen LogP contribution >= 0.6 is 0 Å². The molecule has 0 amide bonds. The molecule has 0 aromatic rings. The fourth-order valence-corrected chi connectivity index (χ4v) is 2.77. The summed E-state index contributed by atoms with van der Waals surface area (Å²) in [5.74, 6) is 0.287. The van der Waals surface area contributed by atoms with Crippen molar-refractivity contribution in [3.63, 3.8) is 0 Å². The normalized spacial score (nSPS) is 47.0. The zero-order chi connectivity index (χ0) is 8.93. The van der Waals surface area contributed by atoms with E-state index in [1.54, 1.807) is 0 Å².